The molecule has 2 N–H and O–H groups in total. The van der Waals surface area contributed by atoms with Crippen molar-refractivity contribution in [2.24, 2.45) is 0 Å². The molecule has 146 valence electrons. The van der Waals surface area contributed by atoms with Gasteiger partial charge < -0.3 is 10.2 Å². The van der Waals surface area contributed by atoms with E-state index in [0.717, 1.165) is 18.8 Å². The van der Waals surface area contributed by atoms with Crippen LogP contribution in [0, 0.1) is 0 Å². The van der Waals surface area contributed by atoms with Gasteiger partial charge in [-0.05, 0) is 12.8 Å². The van der Waals surface area contributed by atoms with Crippen molar-refractivity contribution in [3.63, 3.8) is 0 Å². The van der Waals surface area contributed by atoms with Gasteiger partial charge in [0.2, 0.25) is 0 Å². The topological polar surface area (TPSA) is 49.3 Å². The third kappa shape index (κ3) is 10.0. The minimum absolute atomic E-state index is 0.0217. The van der Waals surface area contributed by atoms with Crippen LogP contribution in [0.1, 0.15) is 103 Å². The highest BCUT2D eigenvalue weighted by atomic mass is 16.3. The zero-order valence-corrected chi connectivity index (χ0v) is 16.5. The van der Waals surface area contributed by atoms with E-state index in [9.17, 15) is 10.2 Å². The van der Waals surface area contributed by atoms with Crippen LogP contribution < -0.4 is 4.57 Å². The zero-order valence-electron chi connectivity index (χ0n) is 16.5. The molecule has 1 aromatic heterocycles. The van der Waals surface area contributed by atoms with E-state index in [1.807, 2.05) is 12.4 Å². The van der Waals surface area contributed by atoms with Crippen LogP contribution >= 0.6 is 0 Å². The molecule has 1 heterocycles. The molecule has 0 fully saturated rings. The smallest absolute Gasteiger partial charge is 0.284 e. The summed E-state index contributed by atoms with van der Waals surface area (Å²) in [7, 11) is 0. The molecule has 0 bridgehead atoms. The molecule has 0 spiro atoms. The van der Waals surface area contributed by atoms with Crippen molar-refractivity contribution >= 4 is 0 Å². The Balaban J connectivity index is 1.88. The van der Waals surface area contributed by atoms with Gasteiger partial charge in [0.15, 0.2) is 6.73 Å². The largest absolute Gasteiger partial charge is 0.384 e. The zero-order chi connectivity index (χ0) is 18.2. The van der Waals surface area contributed by atoms with Crippen molar-refractivity contribution in [2.75, 3.05) is 0 Å². The lowest BCUT2D eigenvalue weighted by Crippen LogP contribution is -2.37. The van der Waals surface area contributed by atoms with E-state index in [1.54, 1.807) is 4.57 Å². The summed E-state index contributed by atoms with van der Waals surface area (Å²) in [6.07, 6.45) is 22.9. The van der Waals surface area contributed by atoms with Crippen molar-refractivity contribution in [3.8, 4) is 0 Å². The second-order valence-corrected chi connectivity index (χ2v) is 7.27. The van der Waals surface area contributed by atoms with Crippen molar-refractivity contribution in [3.05, 3.63) is 18.2 Å². The first-order chi connectivity index (χ1) is 12.3. The predicted molar refractivity (Wildman–Crippen MR) is 103 cm³/mol. The number of hydrogen-bond acceptors (Lipinski definition) is 2. The predicted octanol–water partition coefficient (Wildman–Crippen LogP) is 4.70. The van der Waals surface area contributed by atoms with E-state index in [0.29, 0.717) is 0 Å². The fraction of sp³-hybridized carbons (Fsp3) is 0.857. The van der Waals surface area contributed by atoms with Crippen molar-refractivity contribution in [2.45, 2.75) is 117 Å². The molecule has 0 aliphatic rings. The highest BCUT2D eigenvalue weighted by molar-refractivity contribution is 4.81. The summed E-state index contributed by atoms with van der Waals surface area (Å²) in [6, 6.07) is 0. The molecule has 0 amide bonds. The van der Waals surface area contributed by atoms with Gasteiger partial charge in [0.1, 0.15) is 19.0 Å². The van der Waals surface area contributed by atoms with Crippen LogP contribution in [-0.2, 0) is 19.9 Å². The minimum Gasteiger partial charge on any atom is -0.384 e. The van der Waals surface area contributed by atoms with Gasteiger partial charge in [-0.2, -0.15) is 0 Å². The molecule has 25 heavy (non-hydrogen) atoms. The van der Waals surface area contributed by atoms with Crippen LogP contribution in [0.3, 0.4) is 0 Å². The van der Waals surface area contributed by atoms with Crippen molar-refractivity contribution in [1.29, 1.82) is 0 Å². The maximum atomic E-state index is 9.38. The van der Waals surface area contributed by atoms with E-state index >= 15 is 0 Å². The molecule has 0 atom stereocenters. The van der Waals surface area contributed by atoms with Gasteiger partial charge >= 0.3 is 0 Å². The average Bonchev–Trinajstić information content (AvgIpc) is 3.04. The Morgan fingerprint density at radius 1 is 0.760 bits per heavy atom. The second-order valence-electron chi connectivity index (χ2n) is 7.27. The highest BCUT2D eigenvalue weighted by Gasteiger charge is 2.14. The molecule has 1 rings (SSSR count). The molecule has 0 unspecified atom stereocenters. The third-order valence-corrected chi connectivity index (χ3v) is 5.14. The van der Waals surface area contributed by atoms with Gasteiger partial charge in [-0.3, -0.25) is 0 Å². The van der Waals surface area contributed by atoms with Crippen molar-refractivity contribution in [1.82, 2.24) is 4.57 Å². The fourth-order valence-corrected chi connectivity index (χ4v) is 3.49. The number of unbranched alkanes of at least 4 members (excludes halogenated alkanes) is 13. The Labute approximate surface area is 154 Å². The van der Waals surface area contributed by atoms with Crippen LogP contribution in [-0.4, -0.2) is 14.8 Å². The molecule has 0 aliphatic heterocycles. The van der Waals surface area contributed by atoms with E-state index in [1.165, 1.54) is 83.5 Å². The van der Waals surface area contributed by atoms with Crippen molar-refractivity contribution < 1.29 is 14.8 Å². The minimum atomic E-state index is -0.0678. The van der Waals surface area contributed by atoms with Crippen LogP contribution in [0.4, 0.5) is 0 Å². The number of hydrogen-bond donors (Lipinski definition) is 2. The number of nitrogens with zero attached hydrogens (tertiary/aromatic N) is 2. The summed E-state index contributed by atoms with van der Waals surface area (Å²) >= 11 is 0. The van der Waals surface area contributed by atoms with Gasteiger partial charge in [-0.1, -0.05) is 84.0 Å². The van der Waals surface area contributed by atoms with Gasteiger partial charge in [0.25, 0.3) is 5.82 Å². The quantitative estimate of drug-likeness (QED) is 0.315. The summed E-state index contributed by atoms with van der Waals surface area (Å²) in [5.74, 6) is 0.789. The van der Waals surface area contributed by atoms with Crippen LogP contribution in [0.25, 0.3) is 0 Å². The van der Waals surface area contributed by atoms with E-state index in [-0.39, 0.29) is 13.3 Å². The molecule has 4 heteroatoms. The fourth-order valence-electron chi connectivity index (χ4n) is 3.49. The van der Waals surface area contributed by atoms with E-state index in [4.69, 9.17) is 0 Å². The molecular formula is C21H41N2O2+. The van der Waals surface area contributed by atoms with Gasteiger partial charge in [-0.15, -0.1) is 0 Å². The molecule has 1 aromatic rings. The number of aryl methyl sites for hydroxylation is 1. The number of rotatable bonds is 17. The maximum Gasteiger partial charge on any atom is 0.284 e. The average molecular weight is 354 g/mol. The first kappa shape index (κ1) is 22.2. The van der Waals surface area contributed by atoms with Crippen LogP contribution in [0.15, 0.2) is 12.4 Å². The number of aromatic nitrogens is 2. The standard InChI is InChI=1S/C21H41N2O2/c1-2-3-4-5-6-7-8-9-10-11-12-13-14-15-16-22-17-18-23(20-25)21(22)19-24/h17-18,24-25H,2-16,19-20H2,1H3/q+1. The lowest BCUT2D eigenvalue weighted by molar-refractivity contribution is -0.737. The van der Waals surface area contributed by atoms with Gasteiger partial charge in [-0.25, -0.2) is 9.13 Å². The Morgan fingerprint density at radius 2 is 1.24 bits per heavy atom. The molecular weight excluding hydrogens is 312 g/mol. The van der Waals surface area contributed by atoms with E-state index in [2.05, 4.69) is 11.5 Å². The lowest BCUT2D eigenvalue weighted by Gasteiger charge is -2.04. The molecule has 0 aliphatic carbocycles. The van der Waals surface area contributed by atoms with Gasteiger partial charge in [0, 0.05) is 0 Å². The van der Waals surface area contributed by atoms with Crippen LogP contribution in [0.5, 0.6) is 0 Å². The molecule has 0 aromatic carbocycles. The number of aliphatic hydroxyl groups excluding tert-OH is 2. The van der Waals surface area contributed by atoms with Crippen LogP contribution in [0.2, 0.25) is 0 Å². The summed E-state index contributed by atoms with van der Waals surface area (Å²) in [5.41, 5.74) is 0. The Bertz CT molecular complexity index is 418. The summed E-state index contributed by atoms with van der Waals surface area (Å²) in [5, 5.41) is 18.6. The Hall–Kier alpha value is -0.870. The highest BCUT2D eigenvalue weighted by Crippen LogP contribution is 2.13. The maximum absolute atomic E-state index is 9.38. The lowest BCUT2D eigenvalue weighted by atomic mass is 10.0. The second kappa shape index (κ2) is 15.4. The molecule has 0 saturated carbocycles. The Kier molecular flexibility index (Phi) is 13.6. The molecule has 4 nitrogen and oxygen atoms in total. The third-order valence-electron chi connectivity index (χ3n) is 5.14. The number of aliphatic hydroxyl groups is 2. The normalized spacial score (nSPS) is 11.3. The van der Waals surface area contributed by atoms with Gasteiger partial charge in [0.05, 0.1) is 6.54 Å². The monoisotopic (exact) mass is 353 g/mol. The Morgan fingerprint density at radius 3 is 1.68 bits per heavy atom. The first-order valence-electron chi connectivity index (χ1n) is 10.6. The SMILES string of the molecule is CCCCCCCCCCCCCCCCn1cc[n+](CO)c1CO. The first-order valence-corrected chi connectivity index (χ1v) is 10.6. The summed E-state index contributed by atoms with van der Waals surface area (Å²) < 4.78 is 3.74. The summed E-state index contributed by atoms with van der Waals surface area (Å²) in [4.78, 5) is 0. The summed E-state index contributed by atoms with van der Waals surface area (Å²) in [6.45, 7) is 3.12. The molecule has 0 radical (unpaired) electrons. The number of imidazole rings is 1. The van der Waals surface area contributed by atoms with E-state index < -0.39 is 0 Å². The molecule has 0 saturated heterocycles.